The van der Waals surface area contributed by atoms with E-state index in [0.29, 0.717) is 0 Å². The van der Waals surface area contributed by atoms with E-state index in [0.717, 1.165) is 17.8 Å². The van der Waals surface area contributed by atoms with Crippen molar-refractivity contribution in [2.75, 3.05) is 6.26 Å². The molecule has 2 atom stereocenters. The Bertz CT molecular complexity index is 429. The van der Waals surface area contributed by atoms with Crippen LogP contribution in [0.2, 0.25) is 0 Å². The van der Waals surface area contributed by atoms with Crippen LogP contribution >= 0.6 is 11.8 Å². The first-order chi connectivity index (χ1) is 9.36. The van der Waals surface area contributed by atoms with Crippen LogP contribution in [0.15, 0.2) is 18.2 Å². The average Bonchev–Trinajstić information content (AvgIpc) is 2.93. The van der Waals surface area contributed by atoms with Gasteiger partial charge in [-0.1, -0.05) is 31.0 Å². The lowest BCUT2D eigenvalue weighted by atomic mass is 9.94. The number of thioether (sulfide) groups is 1. The number of benzene rings is 1. The molecule has 2 heteroatoms. The Kier molecular flexibility index (Phi) is 4.49. The predicted octanol–water partition coefficient (Wildman–Crippen LogP) is 3.94. The molecule has 2 aliphatic rings. The molecule has 2 unspecified atom stereocenters. The Morgan fingerprint density at radius 3 is 2.84 bits per heavy atom. The Hall–Kier alpha value is -0.470. The second kappa shape index (κ2) is 6.32. The minimum absolute atomic E-state index is 0.719. The highest BCUT2D eigenvalue weighted by Gasteiger charge is 2.23. The van der Waals surface area contributed by atoms with Crippen molar-refractivity contribution < 1.29 is 0 Å². The molecular formula is C17H25NS. The van der Waals surface area contributed by atoms with Crippen molar-refractivity contribution in [1.82, 2.24) is 5.32 Å². The Morgan fingerprint density at radius 2 is 1.95 bits per heavy atom. The van der Waals surface area contributed by atoms with Crippen molar-refractivity contribution in [3.63, 3.8) is 0 Å². The molecule has 0 spiro atoms. The third-order valence-electron chi connectivity index (χ3n) is 4.74. The number of fused-ring (bicyclic) bond motifs is 1. The second-order valence-corrected chi connectivity index (χ2v) is 7.08. The summed E-state index contributed by atoms with van der Waals surface area (Å²) in [5.41, 5.74) is 4.67. The molecule has 1 aromatic rings. The second-order valence-electron chi connectivity index (χ2n) is 6.00. The fraction of sp³-hybridized carbons (Fsp3) is 0.647. The van der Waals surface area contributed by atoms with Crippen molar-refractivity contribution in [1.29, 1.82) is 0 Å². The number of rotatable bonds is 4. The summed E-state index contributed by atoms with van der Waals surface area (Å²) in [7, 11) is 0. The fourth-order valence-corrected chi connectivity index (χ4v) is 4.56. The summed E-state index contributed by atoms with van der Waals surface area (Å²) in [6, 6.07) is 7.84. The molecule has 0 aromatic heterocycles. The van der Waals surface area contributed by atoms with Gasteiger partial charge in [0.2, 0.25) is 0 Å². The van der Waals surface area contributed by atoms with Crippen molar-refractivity contribution in [2.24, 2.45) is 0 Å². The minimum Gasteiger partial charge on any atom is -0.309 e. The Balaban J connectivity index is 1.59. The summed E-state index contributed by atoms with van der Waals surface area (Å²) in [6.07, 6.45) is 11.8. The number of nitrogens with one attached hydrogen (secondary N) is 1. The highest BCUT2D eigenvalue weighted by molar-refractivity contribution is 7.99. The zero-order chi connectivity index (χ0) is 13.1. The Labute approximate surface area is 121 Å². The number of hydrogen-bond acceptors (Lipinski definition) is 2. The van der Waals surface area contributed by atoms with E-state index in [-0.39, 0.29) is 0 Å². The van der Waals surface area contributed by atoms with Crippen LogP contribution in [0.3, 0.4) is 0 Å². The summed E-state index contributed by atoms with van der Waals surface area (Å²) >= 11 is 2.05. The molecule has 19 heavy (non-hydrogen) atoms. The lowest BCUT2D eigenvalue weighted by Crippen LogP contribution is -2.39. The first kappa shape index (κ1) is 13.5. The van der Waals surface area contributed by atoms with Crippen LogP contribution < -0.4 is 5.32 Å². The first-order valence-electron chi connectivity index (χ1n) is 7.73. The molecule has 1 N–H and O–H groups in total. The molecule has 1 fully saturated rings. The van der Waals surface area contributed by atoms with E-state index in [2.05, 4.69) is 29.8 Å². The summed E-state index contributed by atoms with van der Waals surface area (Å²) in [5.74, 6) is 0. The van der Waals surface area contributed by atoms with Crippen LogP contribution in [-0.2, 0) is 19.4 Å². The van der Waals surface area contributed by atoms with Crippen LogP contribution in [0, 0.1) is 0 Å². The summed E-state index contributed by atoms with van der Waals surface area (Å²) in [6.45, 7) is 1.05. The van der Waals surface area contributed by atoms with Gasteiger partial charge in [-0.05, 0) is 55.1 Å². The zero-order valence-corrected chi connectivity index (χ0v) is 12.8. The SMILES string of the molecule is CSC1CCCCC1NCc1ccc2c(c1)CCC2. The standard InChI is InChI=1S/C17H25NS/c1-19-17-8-3-2-7-16(17)18-12-13-9-10-14-5-4-6-15(14)11-13/h9-11,16-18H,2-8,12H2,1H3. The van der Waals surface area contributed by atoms with E-state index >= 15 is 0 Å². The molecular weight excluding hydrogens is 250 g/mol. The van der Waals surface area contributed by atoms with E-state index in [1.54, 1.807) is 11.1 Å². The van der Waals surface area contributed by atoms with E-state index in [9.17, 15) is 0 Å². The lowest BCUT2D eigenvalue weighted by molar-refractivity contribution is 0.383. The quantitative estimate of drug-likeness (QED) is 0.893. The predicted molar refractivity (Wildman–Crippen MR) is 84.9 cm³/mol. The van der Waals surface area contributed by atoms with Crippen molar-refractivity contribution in [3.05, 3.63) is 34.9 Å². The van der Waals surface area contributed by atoms with Gasteiger partial charge in [0.15, 0.2) is 0 Å². The summed E-state index contributed by atoms with van der Waals surface area (Å²) in [4.78, 5) is 0. The summed E-state index contributed by atoms with van der Waals surface area (Å²) in [5, 5.41) is 4.63. The normalized spacial score (nSPS) is 26.4. The van der Waals surface area contributed by atoms with Gasteiger partial charge in [-0.15, -0.1) is 0 Å². The molecule has 1 aromatic carbocycles. The molecule has 0 aliphatic heterocycles. The smallest absolute Gasteiger partial charge is 0.0208 e. The molecule has 0 heterocycles. The van der Waals surface area contributed by atoms with Gasteiger partial charge in [0.05, 0.1) is 0 Å². The van der Waals surface area contributed by atoms with Gasteiger partial charge in [0.25, 0.3) is 0 Å². The van der Waals surface area contributed by atoms with Gasteiger partial charge in [-0.2, -0.15) is 11.8 Å². The summed E-state index contributed by atoms with van der Waals surface area (Å²) < 4.78 is 0. The van der Waals surface area contributed by atoms with Crippen LogP contribution in [0.1, 0.15) is 48.8 Å². The highest BCUT2D eigenvalue weighted by atomic mass is 32.2. The maximum Gasteiger partial charge on any atom is 0.0208 e. The maximum atomic E-state index is 3.81. The topological polar surface area (TPSA) is 12.0 Å². The molecule has 1 saturated carbocycles. The lowest BCUT2D eigenvalue weighted by Gasteiger charge is -2.31. The molecule has 0 amide bonds. The van der Waals surface area contributed by atoms with Crippen LogP contribution in [-0.4, -0.2) is 17.5 Å². The van der Waals surface area contributed by atoms with Gasteiger partial charge in [0, 0.05) is 17.8 Å². The van der Waals surface area contributed by atoms with Gasteiger partial charge in [-0.25, -0.2) is 0 Å². The molecule has 104 valence electrons. The maximum absolute atomic E-state index is 3.81. The Morgan fingerprint density at radius 1 is 1.11 bits per heavy atom. The number of aryl methyl sites for hydroxylation is 2. The number of hydrogen-bond donors (Lipinski definition) is 1. The molecule has 0 saturated heterocycles. The molecule has 0 radical (unpaired) electrons. The third-order valence-corrected chi connectivity index (χ3v) is 5.91. The van der Waals surface area contributed by atoms with Crippen molar-refractivity contribution in [2.45, 2.75) is 62.8 Å². The third kappa shape index (κ3) is 3.17. The fourth-order valence-electron chi connectivity index (χ4n) is 3.60. The van der Waals surface area contributed by atoms with Gasteiger partial charge in [-0.3, -0.25) is 0 Å². The van der Waals surface area contributed by atoms with Crippen molar-refractivity contribution >= 4 is 11.8 Å². The van der Waals surface area contributed by atoms with Crippen LogP contribution in [0.25, 0.3) is 0 Å². The average molecular weight is 275 g/mol. The molecule has 1 nitrogen and oxygen atoms in total. The van der Waals surface area contributed by atoms with E-state index < -0.39 is 0 Å². The van der Waals surface area contributed by atoms with Gasteiger partial charge in [0.1, 0.15) is 0 Å². The highest BCUT2D eigenvalue weighted by Crippen LogP contribution is 2.28. The molecule has 0 bridgehead atoms. The van der Waals surface area contributed by atoms with Crippen LogP contribution in [0.4, 0.5) is 0 Å². The zero-order valence-electron chi connectivity index (χ0n) is 12.0. The van der Waals surface area contributed by atoms with Crippen molar-refractivity contribution in [3.8, 4) is 0 Å². The largest absolute Gasteiger partial charge is 0.309 e. The van der Waals surface area contributed by atoms with E-state index in [1.165, 1.54) is 50.5 Å². The molecule has 3 rings (SSSR count). The van der Waals surface area contributed by atoms with Gasteiger partial charge >= 0.3 is 0 Å². The minimum atomic E-state index is 0.719. The first-order valence-corrected chi connectivity index (χ1v) is 9.02. The van der Waals surface area contributed by atoms with E-state index in [1.807, 2.05) is 11.8 Å². The van der Waals surface area contributed by atoms with Gasteiger partial charge < -0.3 is 5.32 Å². The monoisotopic (exact) mass is 275 g/mol. The van der Waals surface area contributed by atoms with E-state index in [4.69, 9.17) is 0 Å². The molecule has 2 aliphatic carbocycles. The van der Waals surface area contributed by atoms with Crippen LogP contribution in [0.5, 0.6) is 0 Å².